The van der Waals surface area contributed by atoms with Gasteiger partial charge in [-0.3, -0.25) is 4.98 Å². The lowest BCUT2D eigenvalue weighted by molar-refractivity contribution is 0.0593. The third-order valence-electron chi connectivity index (χ3n) is 2.94. The first-order valence-electron chi connectivity index (χ1n) is 6.43. The summed E-state index contributed by atoms with van der Waals surface area (Å²) in [6, 6.07) is 10.1. The van der Waals surface area contributed by atoms with E-state index in [2.05, 4.69) is 31.7 Å². The van der Waals surface area contributed by atoms with Crippen LogP contribution in [0.1, 0.15) is 23.0 Å². The zero-order valence-electron chi connectivity index (χ0n) is 11.6. The van der Waals surface area contributed by atoms with Crippen molar-refractivity contribution in [3.8, 4) is 0 Å². The number of hydrogen-bond acceptors (Lipinski definition) is 5. The standard InChI is InChI=1S/C15H17N3O2/c1-3-18(11-12-7-5-4-6-8-12)14-10-16-9-13(17-14)15(19)20-2/h4-10H,3,11H2,1-2H3. The predicted octanol–water partition coefficient (Wildman–Crippen LogP) is 2.29. The smallest absolute Gasteiger partial charge is 0.358 e. The van der Waals surface area contributed by atoms with Crippen LogP contribution in [-0.4, -0.2) is 29.6 Å². The zero-order chi connectivity index (χ0) is 14.4. The molecule has 104 valence electrons. The average Bonchev–Trinajstić information content (AvgIpc) is 2.53. The van der Waals surface area contributed by atoms with Gasteiger partial charge in [0, 0.05) is 13.1 Å². The van der Waals surface area contributed by atoms with E-state index in [0.717, 1.165) is 13.1 Å². The molecule has 0 amide bonds. The molecule has 0 saturated heterocycles. The van der Waals surface area contributed by atoms with Crippen molar-refractivity contribution in [1.82, 2.24) is 9.97 Å². The summed E-state index contributed by atoms with van der Waals surface area (Å²) in [6.45, 7) is 3.53. The maximum Gasteiger partial charge on any atom is 0.358 e. The van der Waals surface area contributed by atoms with E-state index in [1.54, 1.807) is 6.20 Å². The van der Waals surface area contributed by atoms with Crippen LogP contribution in [0.3, 0.4) is 0 Å². The van der Waals surface area contributed by atoms with Gasteiger partial charge in [0.1, 0.15) is 5.82 Å². The Kier molecular flexibility index (Phi) is 4.65. The highest BCUT2D eigenvalue weighted by atomic mass is 16.5. The highest BCUT2D eigenvalue weighted by Crippen LogP contribution is 2.14. The quantitative estimate of drug-likeness (QED) is 0.781. The Morgan fingerprint density at radius 1 is 1.25 bits per heavy atom. The van der Waals surface area contributed by atoms with Gasteiger partial charge in [-0.15, -0.1) is 0 Å². The third-order valence-corrected chi connectivity index (χ3v) is 2.94. The molecule has 2 rings (SSSR count). The lowest BCUT2D eigenvalue weighted by Gasteiger charge is -2.21. The summed E-state index contributed by atoms with van der Waals surface area (Å²) < 4.78 is 4.66. The molecule has 0 unspecified atom stereocenters. The molecule has 2 aromatic rings. The molecule has 1 aromatic heterocycles. The molecule has 5 heteroatoms. The molecular formula is C15H17N3O2. The zero-order valence-corrected chi connectivity index (χ0v) is 11.6. The van der Waals surface area contributed by atoms with E-state index in [4.69, 9.17) is 0 Å². The highest BCUT2D eigenvalue weighted by molar-refractivity contribution is 5.87. The van der Waals surface area contributed by atoms with Crippen molar-refractivity contribution in [3.05, 3.63) is 54.0 Å². The van der Waals surface area contributed by atoms with Crippen LogP contribution in [0.2, 0.25) is 0 Å². The number of rotatable bonds is 5. The van der Waals surface area contributed by atoms with Gasteiger partial charge >= 0.3 is 5.97 Å². The number of carbonyl (C=O) groups is 1. The van der Waals surface area contributed by atoms with Crippen molar-refractivity contribution in [2.45, 2.75) is 13.5 Å². The minimum Gasteiger partial charge on any atom is -0.464 e. The first-order valence-corrected chi connectivity index (χ1v) is 6.43. The second-order valence-electron chi connectivity index (χ2n) is 4.25. The fourth-order valence-electron chi connectivity index (χ4n) is 1.87. The van der Waals surface area contributed by atoms with Gasteiger partial charge < -0.3 is 9.64 Å². The van der Waals surface area contributed by atoms with Crippen molar-refractivity contribution < 1.29 is 9.53 Å². The summed E-state index contributed by atoms with van der Waals surface area (Å²) in [5, 5.41) is 0. The molecule has 1 aromatic carbocycles. The van der Waals surface area contributed by atoms with Gasteiger partial charge in [-0.05, 0) is 12.5 Å². The number of anilines is 1. The Balaban J connectivity index is 2.21. The molecular weight excluding hydrogens is 254 g/mol. The first-order chi connectivity index (χ1) is 9.74. The fraction of sp³-hybridized carbons (Fsp3) is 0.267. The van der Waals surface area contributed by atoms with Crippen LogP contribution < -0.4 is 4.90 Å². The topological polar surface area (TPSA) is 55.3 Å². The lowest BCUT2D eigenvalue weighted by atomic mass is 10.2. The molecule has 0 aliphatic carbocycles. The lowest BCUT2D eigenvalue weighted by Crippen LogP contribution is -2.24. The van der Waals surface area contributed by atoms with Crippen molar-refractivity contribution in [3.63, 3.8) is 0 Å². The Labute approximate surface area is 118 Å². The van der Waals surface area contributed by atoms with Crippen LogP contribution in [0.5, 0.6) is 0 Å². The molecule has 0 bridgehead atoms. The van der Waals surface area contributed by atoms with Gasteiger partial charge in [-0.2, -0.15) is 0 Å². The summed E-state index contributed by atoms with van der Waals surface area (Å²) >= 11 is 0. The molecule has 0 aliphatic rings. The maximum atomic E-state index is 11.5. The number of aromatic nitrogens is 2. The SMILES string of the molecule is CCN(Cc1ccccc1)c1cncc(C(=O)OC)n1. The molecule has 0 spiro atoms. The van der Waals surface area contributed by atoms with Crippen molar-refractivity contribution in [2.75, 3.05) is 18.6 Å². The maximum absolute atomic E-state index is 11.5. The van der Waals surface area contributed by atoms with Crippen molar-refractivity contribution >= 4 is 11.8 Å². The Morgan fingerprint density at radius 2 is 2.00 bits per heavy atom. The van der Waals surface area contributed by atoms with Gasteiger partial charge in [0.05, 0.1) is 19.5 Å². The van der Waals surface area contributed by atoms with Crippen LogP contribution >= 0.6 is 0 Å². The van der Waals surface area contributed by atoms with E-state index in [9.17, 15) is 4.79 Å². The van der Waals surface area contributed by atoms with Crippen LogP contribution in [0.4, 0.5) is 5.82 Å². The monoisotopic (exact) mass is 271 g/mol. The fourth-order valence-corrected chi connectivity index (χ4v) is 1.87. The average molecular weight is 271 g/mol. The largest absolute Gasteiger partial charge is 0.464 e. The van der Waals surface area contributed by atoms with Gasteiger partial charge in [0.2, 0.25) is 0 Å². The molecule has 0 fully saturated rings. The van der Waals surface area contributed by atoms with Gasteiger partial charge in [0.15, 0.2) is 5.69 Å². The number of carbonyl (C=O) groups excluding carboxylic acids is 1. The van der Waals surface area contributed by atoms with Gasteiger partial charge in [0.25, 0.3) is 0 Å². The molecule has 0 radical (unpaired) electrons. The second kappa shape index (κ2) is 6.65. The minimum atomic E-state index is -0.477. The summed E-state index contributed by atoms with van der Waals surface area (Å²) in [4.78, 5) is 21.9. The number of ether oxygens (including phenoxy) is 1. The summed E-state index contributed by atoms with van der Waals surface area (Å²) in [6.07, 6.45) is 3.06. The van der Waals surface area contributed by atoms with Crippen LogP contribution in [-0.2, 0) is 11.3 Å². The van der Waals surface area contributed by atoms with E-state index in [0.29, 0.717) is 5.82 Å². The van der Waals surface area contributed by atoms with Gasteiger partial charge in [-0.25, -0.2) is 9.78 Å². The number of benzene rings is 1. The molecule has 1 heterocycles. The number of methoxy groups -OCH3 is 1. The number of esters is 1. The second-order valence-corrected chi connectivity index (χ2v) is 4.25. The minimum absolute atomic E-state index is 0.219. The van der Waals surface area contributed by atoms with E-state index in [1.807, 2.05) is 25.1 Å². The van der Waals surface area contributed by atoms with Crippen LogP contribution in [0, 0.1) is 0 Å². The van der Waals surface area contributed by atoms with Crippen molar-refractivity contribution in [2.24, 2.45) is 0 Å². The van der Waals surface area contributed by atoms with E-state index in [-0.39, 0.29) is 5.69 Å². The Morgan fingerprint density at radius 3 is 2.65 bits per heavy atom. The predicted molar refractivity (Wildman–Crippen MR) is 76.5 cm³/mol. The van der Waals surface area contributed by atoms with Crippen molar-refractivity contribution in [1.29, 1.82) is 0 Å². The summed E-state index contributed by atoms with van der Waals surface area (Å²) in [5.41, 5.74) is 1.40. The normalized spacial score (nSPS) is 10.1. The molecule has 5 nitrogen and oxygen atoms in total. The third kappa shape index (κ3) is 3.32. The molecule has 20 heavy (non-hydrogen) atoms. The number of hydrogen-bond donors (Lipinski definition) is 0. The van der Waals surface area contributed by atoms with Crippen LogP contribution in [0.15, 0.2) is 42.7 Å². The Bertz CT molecular complexity index is 572. The molecule has 0 saturated carbocycles. The Hall–Kier alpha value is -2.43. The molecule has 0 aliphatic heterocycles. The van der Waals surface area contributed by atoms with E-state index in [1.165, 1.54) is 18.9 Å². The van der Waals surface area contributed by atoms with Crippen LogP contribution in [0.25, 0.3) is 0 Å². The van der Waals surface area contributed by atoms with Gasteiger partial charge in [-0.1, -0.05) is 30.3 Å². The summed E-state index contributed by atoms with van der Waals surface area (Å²) in [7, 11) is 1.33. The van der Waals surface area contributed by atoms with E-state index >= 15 is 0 Å². The van der Waals surface area contributed by atoms with E-state index < -0.39 is 5.97 Å². The first kappa shape index (κ1) is 14.0. The molecule has 0 atom stereocenters. The molecule has 0 N–H and O–H groups in total. The number of nitrogens with zero attached hydrogens (tertiary/aromatic N) is 3. The highest BCUT2D eigenvalue weighted by Gasteiger charge is 2.12. The summed E-state index contributed by atoms with van der Waals surface area (Å²) in [5.74, 6) is 0.189.